The summed E-state index contributed by atoms with van der Waals surface area (Å²) < 4.78 is 27.2. The second-order valence-corrected chi connectivity index (χ2v) is 6.64. The van der Waals surface area contributed by atoms with Crippen molar-refractivity contribution in [1.82, 2.24) is 4.72 Å². The van der Waals surface area contributed by atoms with Crippen LogP contribution in [0.2, 0.25) is 0 Å². The van der Waals surface area contributed by atoms with Gasteiger partial charge in [-0.1, -0.05) is 17.7 Å². The summed E-state index contributed by atoms with van der Waals surface area (Å²) in [4.78, 5) is 0.319. The molecule has 0 aliphatic rings. The van der Waals surface area contributed by atoms with E-state index in [1.54, 1.807) is 24.3 Å². The molecule has 0 fully saturated rings. The molecule has 104 valence electrons. The smallest absolute Gasteiger partial charge is 0.244 e. The maximum Gasteiger partial charge on any atom is 0.244 e. The largest absolute Gasteiger partial charge is 1.00 e. The molecule has 0 heterocycles. The van der Waals surface area contributed by atoms with Crippen molar-refractivity contribution in [2.75, 3.05) is 27.3 Å². The quantitative estimate of drug-likeness (QED) is 0.375. The summed E-state index contributed by atoms with van der Waals surface area (Å²) in [5, 5.41) is 0. The molecule has 0 bridgehead atoms. The summed E-state index contributed by atoms with van der Waals surface area (Å²) in [6.07, 6.45) is 0. The SMILES string of the molecule is CC[N+](C)(C)CNS(=O)(=O)c1ccc(C)cc1.[I-]. The van der Waals surface area contributed by atoms with Crippen molar-refractivity contribution >= 4 is 10.0 Å². The normalized spacial score (nSPS) is 12.0. The highest BCUT2D eigenvalue weighted by molar-refractivity contribution is 7.89. The number of benzene rings is 1. The van der Waals surface area contributed by atoms with E-state index in [1.165, 1.54) is 0 Å². The van der Waals surface area contributed by atoms with Crippen LogP contribution in [0.5, 0.6) is 0 Å². The number of quaternary nitrogens is 1. The van der Waals surface area contributed by atoms with Crippen molar-refractivity contribution < 1.29 is 36.9 Å². The zero-order chi connectivity index (χ0) is 13.1. The summed E-state index contributed by atoms with van der Waals surface area (Å²) in [6, 6.07) is 6.86. The van der Waals surface area contributed by atoms with Crippen LogP contribution in [-0.4, -0.2) is 40.2 Å². The summed E-state index contributed by atoms with van der Waals surface area (Å²) in [5.41, 5.74) is 1.05. The highest BCUT2D eigenvalue weighted by Crippen LogP contribution is 2.10. The molecule has 0 amide bonds. The zero-order valence-electron chi connectivity index (χ0n) is 11.3. The van der Waals surface area contributed by atoms with Gasteiger partial charge in [-0.2, -0.15) is 4.72 Å². The third-order valence-electron chi connectivity index (χ3n) is 2.87. The van der Waals surface area contributed by atoms with Gasteiger partial charge in [-0.05, 0) is 26.0 Å². The monoisotopic (exact) mass is 384 g/mol. The number of hydrogen-bond acceptors (Lipinski definition) is 2. The highest BCUT2D eigenvalue weighted by Gasteiger charge is 2.19. The van der Waals surface area contributed by atoms with Crippen LogP contribution in [-0.2, 0) is 10.0 Å². The molecule has 6 heteroatoms. The van der Waals surface area contributed by atoms with E-state index in [9.17, 15) is 8.42 Å². The lowest BCUT2D eigenvalue weighted by molar-refractivity contribution is -0.889. The minimum absolute atomic E-state index is 0. The van der Waals surface area contributed by atoms with E-state index in [2.05, 4.69) is 4.72 Å². The van der Waals surface area contributed by atoms with Crippen molar-refractivity contribution in [3.63, 3.8) is 0 Å². The molecule has 0 spiro atoms. The minimum atomic E-state index is -3.39. The minimum Gasteiger partial charge on any atom is -1.00 e. The fourth-order valence-corrected chi connectivity index (χ4v) is 2.35. The molecular weight excluding hydrogens is 363 g/mol. The fourth-order valence-electron chi connectivity index (χ4n) is 1.17. The molecule has 1 rings (SSSR count). The number of nitrogens with zero attached hydrogens (tertiary/aromatic N) is 1. The van der Waals surface area contributed by atoms with Gasteiger partial charge in [0.05, 0.1) is 25.5 Å². The van der Waals surface area contributed by atoms with E-state index in [0.29, 0.717) is 16.0 Å². The van der Waals surface area contributed by atoms with E-state index in [0.717, 1.165) is 12.1 Å². The summed E-state index contributed by atoms with van der Waals surface area (Å²) in [5.74, 6) is 0. The van der Waals surface area contributed by atoms with Crippen molar-refractivity contribution in [2.24, 2.45) is 0 Å². The maximum atomic E-state index is 12.0. The topological polar surface area (TPSA) is 46.2 Å². The third-order valence-corrected chi connectivity index (χ3v) is 4.27. The van der Waals surface area contributed by atoms with Crippen molar-refractivity contribution in [1.29, 1.82) is 0 Å². The van der Waals surface area contributed by atoms with Crippen LogP contribution in [0.4, 0.5) is 0 Å². The molecule has 1 aromatic rings. The van der Waals surface area contributed by atoms with E-state index < -0.39 is 10.0 Å². The first-order valence-corrected chi connectivity index (χ1v) is 7.13. The van der Waals surface area contributed by atoms with Crippen LogP contribution in [0.15, 0.2) is 29.2 Å². The Hall–Kier alpha value is -0.180. The van der Waals surface area contributed by atoms with E-state index in [4.69, 9.17) is 0 Å². The Morgan fingerprint density at radius 1 is 1.17 bits per heavy atom. The van der Waals surface area contributed by atoms with Gasteiger partial charge in [0.2, 0.25) is 10.0 Å². The van der Waals surface area contributed by atoms with Crippen LogP contribution in [0.25, 0.3) is 0 Å². The van der Waals surface area contributed by atoms with E-state index in [1.807, 2.05) is 27.9 Å². The van der Waals surface area contributed by atoms with Crippen LogP contribution >= 0.6 is 0 Å². The maximum absolute atomic E-state index is 12.0. The van der Waals surface area contributed by atoms with Crippen molar-refractivity contribution in [3.8, 4) is 0 Å². The molecule has 0 saturated carbocycles. The number of aryl methyl sites for hydroxylation is 1. The average Bonchev–Trinajstić information content (AvgIpc) is 2.27. The van der Waals surface area contributed by atoms with Crippen LogP contribution in [0.1, 0.15) is 12.5 Å². The van der Waals surface area contributed by atoms with E-state index in [-0.39, 0.29) is 24.0 Å². The molecule has 1 aromatic carbocycles. The lowest BCUT2D eigenvalue weighted by Gasteiger charge is -2.27. The average molecular weight is 384 g/mol. The Balaban J connectivity index is 0.00000289. The van der Waals surface area contributed by atoms with Crippen LogP contribution in [0.3, 0.4) is 0 Å². The second-order valence-electron chi connectivity index (χ2n) is 4.87. The number of halogens is 1. The van der Waals surface area contributed by atoms with Crippen molar-refractivity contribution in [3.05, 3.63) is 29.8 Å². The number of hydrogen-bond donors (Lipinski definition) is 1. The first-order valence-electron chi connectivity index (χ1n) is 5.65. The molecule has 0 saturated heterocycles. The Kier molecular flexibility index (Phi) is 6.77. The standard InChI is InChI=1S/C12H21N2O2S.HI/c1-5-14(3,4)10-13-17(15,16)12-8-6-11(2)7-9-12;/h6-9,13H,5,10H2,1-4H3;1H/q+1;/p-1. The number of rotatable bonds is 5. The van der Waals surface area contributed by atoms with E-state index >= 15 is 0 Å². The molecule has 0 atom stereocenters. The summed E-state index contributed by atoms with van der Waals surface area (Å²) in [7, 11) is 0.582. The molecule has 0 aromatic heterocycles. The zero-order valence-corrected chi connectivity index (χ0v) is 14.2. The number of nitrogens with one attached hydrogen (secondary N) is 1. The number of sulfonamides is 1. The van der Waals surface area contributed by atoms with Gasteiger partial charge in [0.1, 0.15) is 6.67 Å². The molecule has 4 nitrogen and oxygen atoms in total. The van der Waals surface area contributed by atoms with Gasteiger partial charge < -0.3 is 28.5 Å². The summed E-state index contributed by atoms with van der Waals surface area (Å²) in [6.45, 7) is 5.23. The van der Waals surface area contributed by atoms with Crippen LogP contribution in [0, 0.1) is 6.92 Å². The van der Waals surface area contributed by atoms with Gasteiger partial charge in [0.25, 0.3) is 0 Å². The predicted molar refractivity (Wildman–Crippen MR) is 69.0 cm³/mol. The van der Waals surface area contributed by atoms with Gasteiger partial charge in [0.15, 0.2) is 0 Å². The van der Waals surface area contributed by atoms with Gasteiger partial charge in [-0.25, -0.2) is 8.42 Å². The van der Waals surface area contributed by atoms with Crippen molar-refractivity contribution in [2.45, 2.75) is 18.7 Å². The molecule has 0 unspecified atom stereocenters. The molecule has 1 N–H and O–H groups in total. The Labute approximate surface area is 127 Å². The second kappa shape index (κ2) is 6.83. The van der Waals surface area contributed by atoms with Gasteiger partial charge in [-0.3, -0.25) is 0 Å². The summed E-state index contributed by atoms with van der Waals surface area (Å²) >= 11 is 0. The molecule has 0 radical (unpaired) electrons. The fraction of sp³-hybridized carbons (Fsp3) is 0.500. The molecular formula is C12H21IN2O2S. The van der Waals surface area contributed by atoms with Crippen LogP contribution < -0.4 is 28.7 Å². The van der Waals surface area contributed by atoms with Gasteiger partial charge in [-0.15, -0.1) is 0 Å². The first kappa shape index (κ1) is 17.8. The van der Waals surface area contributed by atoms with Gasteiger partial charge >= 0.3 is 0 Å². The Morgan fingerprint density at radius 3 is 2.11 bits per heavy atom. The molecule has 18 heavy (non-hydrogen) atoms. The lowest BCUT2D eigenvalue weighted by atomic mass is 10.2. The Bertz CT molecular complexity index is 469. The van der Waals surface area contributed by atoms with Gasteiger partial charge in [0, 0.05) is 0 Å². The molecule has 0 aliphatic heterocycles. The lowest BCUT2D eigenvalue weighted by Crippen LogP contribution is -3.00. The third kappa shape index (κ3) is 5.21. The highest BCUT2D eigenvalue weighted by atomic mass is 127. The first-order chi connectivity index (χ1) is 7.77. The molecule has 0 aliphatic carbocycles. The Morgan fingerprint density at radius 2 is 1.67 bits per heavy atom. The predicted octanol–water partition coefficient (Wildman–Crippen LogP) is -1.67.